The Morgan fingerprint density at radius 1 is 1.07 bits per heavy atom. The van der Waals surface area contributed by atoms with Crippen molar-refractivity contribution in [2.75, 3.05) is 33.0 Å². The average Bonchev–Trinajstić information content (AvgIpc) is 2.17. The fraction of sp³-hybridized carbons (Fsp3) is 1.00. The van der Waals surface area contributed by atoms with Crippen molar-refractivity contribution in [2.45, 2.75) is 19.8 Å². The van der Waals surface area contributed by atoms with Gasteiger partial charge in [-0.05, 0) is 6.42 Å². The highest BCUT2D eigenvalue weighted by Gasteiger charge is 2.03. The number of hydrogen-bond acceptors (Lipinski definition) is 6. The Labute approximate surface area is 84.9 Å². The van der Waals surface area contributed by atoms with Crippen LogP contribution < -0.4 is 6.15 Å². The van der Waals surface area contributed by atoms with E-state index in [1.165, 1.54) is 5.23 Å². The Morgan fingerprint density at radius 3 is 1.93 bits per heavy atom. The van der Waals surface area contributed by atoms with Crippen molar-refractivity contribution >= 4 is 0 Å². The third kappa shape index (κ3) is 9.85. The van der Waals surface area contributed by atoms with E-state index in [0.29, 0.717) is 6.54 Å². The second-order valence-electron chi connectivity index (χ2n) is 2.52. The maximum absolute atomic E-state index is 8.51. The number of nitrogens with zero attached hydrogens (tertiary/aromatic N) is 1. The van der Waals surface area contributed by atoms with Gasteiger partial charge in [0.15, 0.2) is 0 Å². The van der Waals surface area contributed by atoms with Gasteiger partial charge in [0.05, 0.1) is 33.0 Å². The molecule has 6 nitrogen and oxygen atoms in total. The molecule has 0 aliphatic rings. The lowest BCUT2D eigenvalue weighted by atomic mass is 10.3. The summed E-state index contributed by atoms with van der Waals surface area (Å²) in [7, 11) is 0. The van der Waals surface area contributed by atoms with Crippen LogP contribution in [0.2, 0.25) is 0 Å². The molecule has 0 unspecified atom stereocenters. The Morgan fingerprint density at radius 2 is 1.57 bits per heavy atom. The van der Waals surface area contributed by atoms with Crippen LogP contribution in [0.4, 0.5) is 0 Å². The van der Waals surface area contributed by atoms with E-state index in [1.807, 2.05) is 0 Å². The molecule has 0 fully saturated rings. The zero-order valence-corrected chi connectivity index (χ0v) is 8.81. The number of unbranched alkanes of at least 4 members (excludes halogenated alkanes) is 1. The summed E-state index contributed by atoms with van der Waals surface area (Å²) in [6, 6.07) is 0. The van der Waals surface area contributed by atoms with Crippen LogP contribution in [0.15, 0.2) is 0 Å². The lowest BCUT2D eigenvalue weighted by molar-refractivity contribution is -0.371. The number of aliphatic hydroxyl groups excluding tert-OH is 2. The first kappa shape index (κ1) is 16.2. The van der Waals surface area contributed by atoms with E-state index in [0.717, 1.165) is 12.8 Å². The van der Waals surface area contributed by atoms with Gasteiger partial charge >= 0.3 is 0 Å². The lowest BCUT2D eigenvalue weighted by Crippen LogP contribution is -2.28. The quantitative estimate of drug-likeness (QED) is 0.467. The van der Waals surface area contributed by atoms with E-state index in [4.69, 9.17) is 19.9 Å². The molecule has 0 amide bonds. The van der Waals surface area contributed by atoms with E-state index >= 15 is 0 Å². The zero-order chi connectivity index (χ0) is 9.94. The molecule has 0 aliphatic carbocycles. The minimum absolute atomic E-state index is 0. The van der Waals surface area contributed by atoms with Crippen molar-refractivity contribution in [3.05, 3.63) is 0 Å². The molecule has 0 bridgehead atoms. The van der Waals surface area contributed by atoms with Crippen LogP contribution in [0.5, 0.6) is 0 Å². The van der Waals surface area contributed by atoms with E-state index < -0.39 is 0 Å². The van der Waals surface area contributed by atoms with Gasteiger partial charge < -0.3 is 16.4 Å². The fourth-order valence-electron chi connectivity index (χ4n) is 0.739. The van der Waals surface area contributed by atoms with Crippen LogP contribution in [0, 0.1) is 0 Å². The maximum atomic E-state index is 8.51. The molecule has 0 aromatic heterocycles. The van der Waals surface area contributed by atoms with Gasteiger partial charge in [-0.2, -0.15) is 0 Å². The van der Waals surface area contributed by atoms with Crippen LogP contribution in [-0.2, 0) is 9.68 Å². The standard InChI is InChI=1S/C8H19NO4.H3N/c1-2-3-4-9(12-7-5-10)13-8-6-11;/h10-11H,2-8H2,1H3;1H3. The average molecular weight is 210 g/mol. The van der Waals surface area contributed by atoms with E-state index in [1.54, 1.807) is 0 Å². The molecule has 0 aromatic rings. The molecule has 0 rings (SSSR count). The molecular weight excluding hydrogens is 188 g/mol. The Hall–Kier alpha value is -0.240. The highest BCUT2D eigenvalue weighted by atomic mass is 16.9. The molecule has 0 aromatic carbocycles. The number of hydrogen-bond donors (Lipinski definition) is 3. The summed E-state index contributed by atoms with van der Waals surface area (Å²) in [5.74, 6) is 0. The number of rotatable bonds is 9. The Bertz CT molecular complexity index is 86.3. The molecule has 14 heavy (non-hydrogen) atoms. The molecule has 0 saturated heterocycles. The van der Waals surface area contributed by atoms with Crippen LogP contribution in [-0.4, -0.2) is 48.4 Å². The molecule has 88 valence electrons. The highest BCUT2D eigenvalue weighted by Crippen LogP contribution is 1.97. The predicted molar refractivity (Wildman–Crippen MR) is 52.7 cm³/mol. The first-order valence-corrected chi connectivity index (χ1v) is 4.60. The van der Waals surface area contributed by atoms with Crippen molar-refractivity contribution in [2.24, 2.45) is 0 Å². The lowest BCUT2D eigenvalue weighted by Gasteiger charge is -2.19. The smallest absolute Gasteiger partial charge is 0.0942 e. The summed E-state index contributed by atoms with van der Waals surface area (Å²) in [6.45, 7) is 3.08. The fourth-order valence-corrected chi connectivity index (χ4v) is 0.739. The van der Waals surface area contributed by atoms with Gasteiger partial charge in [-0.3, -0.25) is 9.68 Å². The van der Waals surface area contributed by atoms with Crippen LogP contribution in [0.1, 0.15) is 19.8 Å². The van der Waals surface area contributed by atoms with Gasteiger partial charge in [-0.25, -0.2) is 0 Å². The summed E-state index contributed by atoms with van der Waals surface area (Å²) in [5.41, 5.74) is 0. The second-order valence-corrected chi connectivity index (χ2v) is 2.52. The van der Waals surface area contributed by atoms with E-state index in [2.05, 4.69) is 6.92 Å². The molecule has 6 heteroatoms. The Balaban J connectivity index is 0. The van der Waals surface area contributed by atoms with Gasteiger partial charge in [-0.15, -0.1) is 0 Å². The van der Waals surface area contributed by atoms with Crippen molar-refractivity contribution in [3.63, 3.8) is 0 Å². The normalized spacial score (nSPS) is 10.3. The zero-order valence-electron chi connectivity index (χ0n) is 8.81. The summed E-state index contributed by atoms with van der Waals surface area (Å²) in [4.78, 5) is 10.1. The van der Waals surface area contributed by atoms with Gasteiger partial charge in [0.2, 0.25) is 0 Å². The molecule has 0 spiro atoms. The molecule has 0 aliphatic heterocycles. The Kier molecular flexibility index (Phi) is 14.8. The SMILES string of the molecule is CCCCN(OCCO)OCCO.N. The largest absolute Gasteiger partial charge is 0.394 e. The topological polar surface area (TPSA) is 97.2 Å². The summed E-state index contributed by atoms with van der Waals surface area (Å²) >= 11 is 0. The van der Waals surface area contributed by atoms with Crippen molar-refractivity contribution in [3.8, 4) is 0 Å². The molecule has 0 heterocycles. The van der Waals surface area contributed by atoms with Gasteiger partial charge in [0.25, 0.3) is 0 Å². The summed E-state index contributed by atoms with van der Waals surface area (Å²) in [6.07, 6.45) is 2.00. The van der Waals surface area contributed by atoms with Gasteiger partial charge in [0, 0.05) is 0 Å². The molecular formula is C8H22N2O4. The van der Waals surface area contributed by atoms with Crippen molar-refractivity contribution < 1.29 is 19.9 Å². The maximum Gasteiger partial charge on any atom is 0.0942 e. The number of hydroxylamine groups is 2. The third-order valence-corrected chi connectivity index (χ3v) is 1.35. The molecule has 5 N–H and O–H groups in total. The van der Waals surface area contributed by atoms with Gasteiger partial charge in [-0.1, -0.05) is 18.6 Å². The van der Waals surface area contributed by atoms with E-state index in [-0.39, 0.29) is 32.6 Å². The predicted octanol–water partition coefficient (Wildman–Crippen LogP) is 0.0983. The highest BCUT2D eigenvalue weighted by molar-refractivity contribution is 4.35. The number of aliphatic hydroxyl groups is 2. The van der Waals surface area contributed by atoms with Gasteiger partial charge in [0.1, 0.15) is 0 Å². The minimum atomic E-state index is -0.0366. The van der Waals surface area contributed by atoms with Crippen molar-refractivity contribution in [1.29, 1.82) is 0 Å². The minimum Gasteiger partial charge on any atom is -0.394 e. The molecule has 0 radical (unpaired) electrons. The van der Waals surface area contributed by atoms with Crippen LogP contribution in [0.3, 0.4) is 0 Å². The van der Waals surface area contributed by atoms with Crippen LogP contribution in [0.25, 0.3) is 0 Å². The van der Waals surface area contributed by atoms with Crippen LogP contribution >= 0.6 is 0 Å². The second kappa shape index (κ2) is 12.8. The first-order chi connectivity index (χ1) is 6.35. The monoisotopic (exact) mass is 210 g/mol. The van der Waals surface area contributed by atoms with E-state index in [9.17, 15) is 0 Å². The van der Waals surface area contributed by atoms with Crippen molar-refractivity contribution in [1.82, 2.24) is 11.4 Å². The first-order valence-electron chi connectivity index (χ1n) is 4.60. The molecule has 0 saturated carbocycles. The molecule has 0 atom stereocenters. The third-order valence-electron chi connectivity index (χ3n) is 1.35. The summed E-state index contributed by atoms with van der Waals surface area (Å²) < 4.78 is 0. The summed E-state index contributed by atoms with van der Waals surface area (Å²) in [5, 5.41) is 18.3.